The highest BCUT2D eigenvalue weighted by Crippen LogP contribution is 2.56. The molecule has 1 unspecified atom stereocenters. The SMILES string of the molecule is COc1cc([C@@H]2c3cc4c(cc3[C@H](OC(=O)CCn3c(O)cc(SCC(NC(=O)[C@H](CCCCN)NC(=O)[C@H](CCCCN)NC(=O)[C@@H](N)Cc5c[nH]c6ccccc56)C(N)=O)c3O)[C@H]3COC(=O)[C@H]23)OCO4)cc(OC)c1OC. The van der Waals surface area contributed by atoms with E-state index in [-0.39, 0.29) is 56.3 Å². The summed E-state index contributed by atoms with van der Waals surface area (Å²) in [4.78, 5) is 85.1. The minimum Gasteiger partial charge on any atom is -0.494 e. The molecule has 24 nitrogen and oxygen atoms in total. The van der Waals surface area contributed by atoms with E-state index in [2.05, 4.69) is 20.9 Å². The van der Waals surface area contributed by atoms with Crippen LogP contribution in [0.2, 0.25) is 0 Å². The number of cyclic esters (lactones) is 1. The molecule has 5 aromatic rings. The number of ether oxygens (including phenoxy) is 7. The molecule has 1 saturated heterocycles. The van der Waals surface area contributed by atoms with Crippen molar-refractivity contribution in [1.82, 2.24) is 25.5 Å². The van der Waals surface area contributed by atoms with Gasteiger partial charge >= 0.3 is 11.9 Å². The normalized spacial score (nSPS) is 18.4. The number of nitrogens with zero attached hydrogens (tertiary/aromatic N) is 1. The third-order valence-electron chi connectivity index (χ3n) is 14.7. The molecular formula is C55H69N9O15S. The summed E-state index contributed by atoms with van der Waals surface area (Å²) < 4.78 is 41.3. The van der Waals surface area contributed by atoms with Crippen LogP contribution in [-0.4, -0.2) is 133 Å². The average Bonchev–Trinajstić information content (AvgIpc) is 4.41. The molecule has 430 valence electrons. The number of amides is 4. The number of fused-ring (bicyclic) bond motifs is 4. The molecular weight excluding hydrogens is 1060 g/mol. The van der Waals surface area contributed by atoms with Crippen molar-refractivity contribution in [2.24, 2.45) is 34.8 Å². The number of nitrogens with two attached hydrogens (primary N) is 4. The highest BCUT2D eigenvalue weighted by molar-refractivity contribution is 7.99. The van der Waals surface area contributed by atoms with Gasteiger partial charge in [-0.3, -0.25) is 33.3 Å². The predicted octanol–water partition coefficient (Wildman–Crippen LogP) is 2.60. The van der Waals surface area contributed by atoms with Crippen LogP contribution in [0.4, 0.5) is 0 Å². The Hall–Kier alpha value is -7.87. The number of esters is 2. The van der Waals surface area contributed by atoms with E-state index in [1.807, 2.05) is 24.3 Å². The fraction of sp³-hybridized carbons (Fsp3) is 0.455. The second kappa shape index (κ2) is 26.4. The third kappa shape index (κ3) is 12.9. The summed E-state index contributed by atoms with van der Waals surface area (Å²) in [6.07, 6.45) is 2.93. The van der Waals surface area contributed by atoms with Crippen LogP contribution in [0.5, 0.6) is 40.5 Å². The highest BCUT2D eigenvalue weighted by Gasteiger charge is 2.54. The van der Waals surface area contributed by atoms with Crippen LogP contribution in [0.25, 0.3) is 10.9 Å². The Balaban J connectivity index is 0.919. The van der Waals surface area contributed by atoms with Crippen LogP contribution in [0.1, 0.15) is 79.2 Å². The minimum atomic E-state index is -1.34. The zero-order valence-corrected chi connectivity index (χ0v) is 45.5. The van der Waals surface area contributed by atoms with Gasteiger partial charge in [0.05, 0.1) is 51.2 Å². The molecule has 3 aliphatic rings. The van der Waals surface area contributed by atoms with Gasteiger partial charge in [-0.1, -0.05) is 18.2 Å². The number of aromatic amines is 1. The Labute approximate surface area is 465 Å². The molecule has 8 rings (SSSR count). The second-order valence-corrected chi connectivity index (χ2v) is 20.8. The Morgan fingerprint density at radius 2 is 1.44 bits per heavy atom. The summed E-state index contributed by atoms with van der Waals surface area (Å²) in [6, 6.07) is 11.2. The molecule has 1 fully saturated rings. The van der Waals surface area contributed by atoms with Crippen LogP contribution >= 0.6 is 11.8 Å². The number of benzene rings is 3. The molecule has 0 bridgehead atoms. The summed E-state index contributed by atoms with van der Waals surface area (Å²) in [5.41, 5.74) is 27.2. The zero-order valence-electron chi connectivity index (χ0n) is 44.7. The number of carbonyl (C=O) groups is 6. The van der Waals surface area contributed by atoms with Crippen molar-refractivity contribution in [3.05, 3.63) is 83.0 Å². The first-order valence-electron chi connectivity index (χ1n) is 26.3. The lowest BCUT2D eigenvalue weighted by atomic mass is 9.66. The topological polar surface area (TPSA) is 368 Å². The van der Waals surface area contributed by atoms with Gasteiger partial charge in [0.2, 0.25) is 42.1 Å². The number of methoxy groups -OCH3 is 3. The fourth-order valence-electron chi connectivity index (χ4n) is 10.5. The van der Waals surface area contributed by atoms with Gasteiger partial charge in [0.1, 0.15) is 24.2 Å². The summed E-state index contributed by atoms with van der Waals surface area (Å²) in [5.74, 6) is -5.42. The van der Waals surface area contributed by atoms with Crippen LogP contribution in [0.3, 0.4) is 0 Å². The van der Waals surface area contributed by atoms with E-state index < -0.39 is 95.4 Å². The first-order chi connectivity index (χ1) is 38.6. The number of hydrogen-bond donors (Lipinski definition) is 10. The van der Waals surface area contributed by atoms with E-state index in [0.717, 1.165) is 32.8 Å². The zero-order chi connectivity index (χ0) is 57.2. The smallest absolute Gasteiger partial charge is 0.310 e. The molecule has 8 atom stereocenters. The van der Waals surface area contributed by atoms with Crippen molar-refractivity contribution < 1.29 is 72.1 Å². The Bertz CT molecular complexity index is 3050. The fourth-order valence-corrected chi connectivity index (χ4v) is 11.5. The maximum Gasteiger partial charge on any atom is 0.310 e. The van der Waals surface area contributed by atoms with Crippen molar-refractivity contribution in [3.8, 4) is 40.5 Å². The molecule has 0 saturated carbocycles. The largest absolute Gasteiger partial charge is 0.494 e. The molecule has 0 spiro atoms. The maximum absolute atomic E-state index is 14.0. The molecule has 14 N–H and O–H groups in total. The monoisotopic (exact) mass is 1130 g/mol. The van der Waals surface area contributed by atoms with E-state index in [9.17, 15) is 39.0 Å². The lowest BCUT2D eigenvalue weighted by Crippen LogP contribution is -2.58. The van der Waals surface area contributed by atoms with E-state index in [1.54, 1.807) is 30.5 Å². The standard InChI is InChI=1S/C55H69N9O15S/c1-73-41-19-28(20-42(74-2)49(41)75-3)46-31-21-39-40(78-27-77-39)22-32(31)48(33-25-76-55(72)47(33)46)79-45(66)14-17-64-44(65)23-43(54(64)71)80-26-38(50(59)67)63-53(70)37(13-7-9-16-57)62-52(69)36(12-6-8-15-56)61-51(68)34(58)18-29-24-60-35-11-5-4-10-30(29)35/h4-5,10-11,19-24,33-34,36-38,46-48,60,65,71H,6-9,12-18,25-27,56-58H2,1-3H3,(H2,59,67)(H,61,68)(H,62,69)(H,63,70)/t33-,34-,36-,37-,38?,46+,47-,48-/m0/s1. The molecule has 2 aromatic heterocycles. The average molecular weight is 1130 g/mol. The van der Waals surface area contributed by atoms with Crippen LogP contribution in [0.15, 0.2) is 65.7 Å². The van der Waals surface area contributed by atoms with Gasteiger partial charge in [0.15, 0.2) is 28.9 Å². The molecule has 0 radical (unpaired) electrons. The maximum atomic E-state index is 14.0. The molecule has 4 heterocycles. The molecule has 4 amide bonds. The molecule has 2 aliphatic heterocycles. The number of aromatic hydroxyl groups is 2. The number of rotatable bonds is 28. The lowest BCUT2D eigenvalue weighted by molar-refractivity contribution is -0.154. The van der Waals surface area contributed by atoms with Gasteiger partial charge in [-0.05, 0) is 105 Å². The van der Waals surface area contributed by atoms with Crippen LogP contribution in [-0.2, 0) is 51.2 Å². The number of primary amides is 1. The van der Waals surface area contributed by atoms with Crippen molar-refractivity contribution >= 4 is 58.2 Å². The summed E-state index contributed by atoms with van der Waals surface area (Å²) in [7, 11) is 4.45. The molecule has 3 aromatic carbocycles. The quantitative estimate of drug-likeness (QED) is 0.0195. The second-order valence-electron chi connectivity index (χ2n) is 19.7. The number of unbranched alkanes of at least 4 members (excludes halogenated alkanes) is 2. The Morgan fingerprint density at radius 1 is 0.812 bits per heavy atom. The van der Waals surface area contributed by atoms with Crippen LogP contribution < -0.4 is 62.6 Å². The highest BCUT2D eigenvalue weighted by atomic mass is 32.2. The number of thioether (sulfide) groups is 1. The number of H-pyrrole nitrogens is 1. The first-order valence-corrected chi connectivity index (χ1v) is 27.3. The summed E-state index contributed by atoms with van der Waals surface area (Å²) in [5, 5.41) is 31.4. The first kappa shape index (κ1) is 58.3. The number of nitrogens with one attached hydrogen (secondary N) is 4. The molecule has 1 aliphatic carbocycles. The number of aromatic nitrogens is 2. The third-order valence-corrected chi connectivity index (χ3v) is 15.8. The van der Waals surface area contributed by atoms with Crippen molar-refractivity contribution in [2.45, 2.75) is 99.0 Å². The van der Waals surface area contributed by atoms with Gasteiger partial charge < -0.3 is 87.2 Å². The van der Waals surface area contributed by atoms with E-state index >= 15 is 0 Å². The predicted molar refractivity (Wildman–Crippen MR) is 291 cm³/mol. The van der Waals surface area contributed by atoms with Crippen molar-refractivity contribution in [3.63, 3.8) is 0 Å². The van der Waals surface area contributed by atoms with Gasteiger partial charge in [0.25, 0.3) is 0 Å². The van der Waals surface area contributed by atoms with Gasteiger partial charge in [-0.2, -0.15) is 0 Å². The summed E-state index contributed by atoms with van der Waals surface area (Å²) in [6.45, 7) is 0.291. The van der Waals surface area contributed by atoms with Gasteiger partial charge in [-0.15, -0.1) is 11.8 Å². The van der Waals surface area contributed by atoms with E-state index in [0.29, 0.717) is 84.2 Å². The summed E-state index contributed by atoms with van der Waals surface area (Å²) >= 11 is 0.886. The minimum absolute atomic E-state index is 0.0459. The number of carbonyl (C=O) groups excluding carboxylic acids is 6. The Morgan fingerprint density at radius 3 is 2.06 bits per heavy atom. The van der Waals surface area contributed by atoms with Crippen molar-refractivity contribution in [1.29, 1.82) is 0 Å². The number of hydrogen-bond acceptors (Lipinski definition) is 19. The Kier molecular flexibility index (Phi) is 19.2. The molecule has 80 heavy (non-hydrogen) atoms. The van der Waals surface area contributed by atoms with E-state index in [4.69, 9.17) is 56.1 Å². The number of para-hydroxylation sites is 1. The van der Waals surface area contributed by atoms with Gasteiger partial charge in [-0.25, -0.2) is 0 Å². The van der Waals surface area contributed by atoms with Crippen molar-refractivity contribution in [2.75, 3.05) is 53.6 Å². The molecule has 25 heteroatoms. The van der Waals surface area contributed by atoms with Gasteiger partial charge in [0, 0.05) is 52.9 Å². The lowest BCUT2D eigenvalue weighted by Gasteiger charge is -2.38. The van der Waals surface area contributed by atoms with E-state index in [1.165, 1.54) is 27.4 Å². The van der Waals surface area contributed by atoms with Crippen LogP contribution in [0, 0.1) is 11.8 Å².